The smallest absolute Gasteiger partial charge is 0.261 e. The molecule has 3 aromatic rings. The Hall–Kier alpha value is -3.01. The number of hydrogen-bond donors (Lipinski definition) is 0. The third-order valence-corrected chi connectivity index (χ3v) is 4.18. The summed E-state index contributed by atoms with van der Waals surface area (Å²) in [5, 5.41) is 0. The number of aryl methyl sites for hydroxylation is 2. The summed E-state index contributed by atoms with van der Waals surface area (Å²) < 4.78 is 11.2. The minimum Gasteiger partial charge on any atom is -0.483 e. The summed E-state index contributed by atoms with van der Waals surface area (Å²) >= 11 is 0. The molecule has 1 heterocycles. The van der Waals surface area contributed by atoms with Crippen LogP contribution >= 0.6 is 0 Å². The van der Waals surface area contributed by atoms with Gasteiger partial charge in [-0.1, -0.05) is 48.0 Å². The lowest BCUT2D eigenvalue weighted by atomic mass is 10.1. The van der Waals surface area contributed by atoms with Crippen molar-refractivity contribution in [2.75, 3.05) is 6.61 Å². The Labute approximate surface area is 154 Å². The molecule has 2 aromatic carbocycles. The molecule has 0 N–H and O–H groups in total. The highest BCUT2D eigenvalue weighted by atomic mass is 16.5. The molecule has 0 fully saturated rings. The first-order chi connectivity index (χ1) is 12.6. The Morgan fingerprint density at radius 3 is 2.50 bits per heavy atom. The fraction of sp³-hybridized carbons (Fsp3) is 0.227. The van der Waals surface area contributed by atoms with Crippen molar-refractivity contribution in [2.45, 2.75) is 26.9 Å². The Balaban J connectivity index is 1.69. The summed E-state index contributed by atoms with van der Waals surface area (Å²) in [6.45, 7) is 4.94. The quantitative estimate of drug-likeness (QED) is 0.630. The van der Waals surface area contributed by atoms with E-state index >= 15 is 0 Å². The monoisotopic (exact) mass is 349 g/mol. The summed E-state index contributed by atoms with van der Waals surface area (Å²) in [5.74, 6) is 1.41. The topological polar surface area (TPSA) is 42.7 Å². The van der Waals surface area contributed by atoms with E-state index in [-0.39, 0.29) is 12.5 Å². The number of ether oxygens (including phenoxy) is 1. The fourth-order valence-electron chi connectivity index (χ4n) is 2.82. The van der Waals surface area contributed by atoms with Crippen molar-refractivity contribution in [2.24, 2.45) is 0 Å². The van der Waals surface area contributed by atoms with Crippen LogP contribution in [0.25, 0.3) is 0 Å². The Bertz CT molecular complexity index is 841. The van der Waals surface area contributed by atoms with Crippen LogP contribution in [0.4, 0.5) is 0 Å². The Morgan fingerprint density at radius 2 is 1.81 bits per heavy atom. The van der Waals surface area contributed by atoms with E-state index in [2.05, 4.69) is 0 Å². The zero-order valence-corrected chi connectivity index (χ0v) is 15.1. The lowest BCUT2D eigenvalue weighted by molar-refractivity contribution is -0.134. The number of hydrogen-bond acceptors (Lipinski definition) is 3. The predicted octanol–water partition coefficient (Wildman–Crippen LogP) is 4.50. The van der Waals surface area contributed by atoms with Crippen LogP contribution in [0.5, 0.6) is 5.75 Å². The molecule has 0 aliphatic carbocycles. The van der Waals surface area contributed by atoms with Crippen molar-refractivity contribution in [1.29, 1.82) is 0 Å². The van der Waals surface area contributed by atoms with Crippen LogP contribution in [0.2, 0.25) is 0 Å². The highest BCUT2D eigenvalue weighted by Gasteiger charge is 2.17. The molecule has 4 nitrogen and oxygen atoms in total. The predicted molar refractivity (Wildman–Crippen MR) is 101 cm³/mol. The second-order valence-corrected chi connectivity index (χ2v) is 6.37. The number of benzene rings is 2. The molecule has 1 aromatic heterocycles. The molecule has 0 spiro atoms. The molecule has 0 aliphatic rings. The van der Waals surface area contributed by atoms with Gasteiger partial charge in [0.25, 0.3) is 5.91 Å². The number of amides is 1. The second kappa shape index (κ2) is 8.39. The van der Waals surface area contributed by atoms with Crippen LogP contribution in [0, 0.1) is 13.8 Å². The molecule has 0 radical (unpaired) electrons. The minimum atomic E-state index is -0.0785. The van der Waals surface area contributed by atoms with Crippen molar-refractivity contribution in [3.8, 4) is 5.75 Å². The summed E-state index contributed by atoms with van der Waals surface area (Å²) in [4.78, 5) is 14.5. The highest BCUT2D eigenvalue weighted by molar-refractivity contribution is 5.77. The van der Waals surface area contributed by atoms with Crippen LogP contribution in [-0.4, -0.2) is 17.4 Å². The Kier molecular flexibility index (Phi) is 5.74. The molecule has 0 bridgehead atoms. The van der Waals surface area contributed by atoms with E-state index in [1.165, 1.54) is 5.56 Å². The minimum absolute atomic E-state index is 0.00254. The Morgan fingerprint density at radius 1 is 1.00 bits per heavy atom. The maximum Gasteiger partial charge on any atom is 0.261 e. The molecule has 0 atom stereocenters. The number of carbonyl (C=O) groups excluding carboxylic acids is 1. The van der Waals surface area contributed by atoms with Gasteiger partial charge in [-0.15, -0.1) is 0 Å². The summed E-state index contributed by atoms with van der Waals surface area (Å²) in [7, 11) is 0. The highest BCUT2D eigenvalue weighted by Crippen LogP contribution is 2.19. The molecular formula is C22H23NO3. The average molecular weight is 349 g/mol. The molecule has 0 saturated carbocycles. The maximum absolute atomic E-state index is 12.8. The molecule has 1 amide bonds. The normalized spacial score (nSPS) is 10.5. The molecule has 0 aliphatic heterocycles. The van der Waals surface area contributed by atoms with Crippen LogP contribution in [0.15, 0.2) is 71.3 Å². The maximum atomic E-state index is 12.8. The number of carbonyl (C=O) groups is 1. The van der Waals surface area contributed by atoms with Crippen molar-refractivity contribution in [1.82, 2.24) is 4.90 Å². The van der Waals surface area contributed by atoms with Gasteiger partial charge in [0.05, 0.1) is 12.8 Å². The molecule has 4 heteroatoms. The average Bonchev–Trinajstić information content (AvgIpc) is 3.14. The second-order valence-electron chi connectivity index (χ2n) is 6.37. The third-order valence-electron chi connectivity index (χ3n) is 4.18. The first-order valence-electron chi connectivity index (χ1n) is 8.66. The van der Waals surface area contributed by atoms with Gasteiger partial charge in [-0.3, -0.25) is 4.79 Å². The van der Waals surface area contributed by atoms with E-state index in [0.29, 0.717) is 13.1 Å². The van der Waals surface area contributed by atoms with Gasteiger partial charge in [-0.25, -0.2) is 0 Å². The SMILES string of the molecule is Cc1ccc(OCC(=O)N(Cc2ccccc2)Cc2ccco2)c(C)c1. The number of nitrogens with zero attached hydrogens (tertiary/aromatic N) is 1. The number of furan rings is 1. The van der Waals surface area contributed by atoms with Gasteiger partial charge in [0, 0.05) is 6.54 Å². The van der Waals surface area contributed by atoms with Gasteiger partial charge in [0.1, 0.15) is 11.5 Å². The summed E-state index contributed by atoms with van der Waals surface area (Å²) in [6.07, 6.45) is 1.62. The van der Waals surface area contributed by atoms with Gasteiger partial charge in [0.2, 0.25) is 0 Å². The largest absolute Gasteiger partial charge is 0.483 e. The van der Waals surface area contributed by atoms with Crippen molar-refractivity contribution in [3.63, 3.8) is 0 Å². The van der Waals surface area contributed by atoms with Crippen molar-refractivity contribution >= 4 is 5.91 Å². The van der Waals surface area contributed by atoms with Gasteiger partial charge in [-0.05, 0) is 43.2 Å². The number of rotatable bonds is 7. The van der Waals surface area contributed by atoms with E-state index in [1.807, 2.05) is 74.5 Å². The van der Waals surface area contributed by atoms with Gasteiger partial charge < -0.3 is 14.1 Å². The van der Waals surface area contributed by atoms with E-state index in [9.17, 15) is 4.79 Å². The third kappa shape index (κ3) is 4.76. The van der Waals surface area contributed by atoms with Crippen molar-refractivity contribution < 1.29 is 13.9 Å². The van der Waals surface area contributed by atoms with Crippen LogP contribution in [0.1, 0.15) is 22.5 Å². The first kappa shape index (κ1) is 17.8. The van der Waals surface area contributed by atoms with Crippen molar-refractivity contribution in [3.05, 3.63) is 89.4 Å². The zero-order chi connectivity index (χ0) is 18.4. The molecule has 3 rings (SSSR count). The summed E-state index contributed by atoms with van der Waals surface area (Å²) in [6, 6.07) is 19.6. The van der Waals surface area contributed by atoms with Gasteiger partial charge in [0.15, 0.2) is 6.61 Å². The lowest BCUT2D eigenvalue weighted by Crippen LogP contribution is -2.34. The van der Waals surface area contributed by atoms with E-state index in [1.54, 1.807) is 11.2 Å². The van der Waals surface area contributed by atoms with E-state index in [0.717, 1.165) is 22.6 Å². The molecule has 134 valence electrons. The zero-order valence-electron chi connectivity index (χ0n) is 15.1. The van der Waals surface area contributed by atoms with Crippen LogP contribution in [-0.2, 0) is 17.9 Å². The van der Waals surface area contributed by atoms with E-state index in [4.69, 9.17) is 9.15 Å². The van der Waals surface area contributed by atoms with E-state index < -0.39 is 0 Å². The summed E-state index contributed by atoms with van der Waals surface area (Å²) in [5.41, 5.74) is 3.27. The standard InChI is InChI=1S/C22H23NO3/c1-17-10-11-21(18(2)13-17)26-16-22(24)23(15-20-9-6-12-25-20)14-19-7-4-3-5-8-19/h3-13H,14-16H2,1-2H3. The first-order valence-corrected chi connectivity index (χ1v) is 8.66. The van der Waals surface area contributed by atoms with Crippen LogP contribution in [0.3, 0.4) is 0 Å². The van der Waals surface area contributed by atoms with Gasteiger partial charge >= 0.3 is 0 Å². The molecule has 0 saturated heterocycles. The van der Waals surface area contributed by atoms with Crippen LogP contribution < -0.4 is 4.74 Å². The fourth-order valence-corrected chi connectivity index (χ4v) is 2.82. The molecule has 26 heavy (non-hydrogen) atoms. The molecular weight excluding hydrogens is 326 g/mol. The lowest BCUT2D eigenvalue weighted by Gasteiger charge is -2.22. The molecule has 0 unspecified atom stereocenters. The van der Waals surface area contributed by atoms with Gasteiger partial charge in [-0.2, -0.15) is 0 Å².